The topological polar surface area (TPSA) is 0 Å². The van der Waals surface area contributed by atoms with Crippen LogP contribution < -0.4 is 18.9 Å². The Bertz CT molecular complexity index is 13.5. The molecule has 0 radical (unpaired) electrons. The van der Waals surface area contributed by atoms with Gasteiger partial charge in [-0.25, -0.2) is 0 Å². The van der Waals surface area contributed by atoms with Gasteiger partial charge in [-0.15, -0.1) is 0 Å². The molecule has 3 heteroatoms. The maximum Gasteiger partial charge on any atom is 1.00 e. The zero-order valence-corrected chi connectivity index (χ0v) is 4.07. The Hall–Kier alpha value is 1.04. The third-order valence-corrected chi connectivity index (χ3v) is 0. The van der Waals surface area contributed by atoms with E-state index < -0.39 is 0 Å². The molecule has 0 N–H and O–H groups in total. The number of thiocarbonyl (C=S) groups is 1. The zero-order chi connectivity index (χ0) is 2.71. The van der Waals surface area contributed by atoms with Crippen LogP contribution >= 0.6 is 24.8 Å². The Labute approximate surface area is 48.6 Å². The maximum atomic E-state index is 4.01. The van der Waals surface area contributed by atoms with Crippen LogP contribution in [0.3, 0.4) is 0 Å². The van der Waals surface area contributed by atoms with E-state index in [1.807, 2.05) is 4.70 Å². The first-order valence-electron chi connectivity index (χ1n) is 0.428. The van der Waals surface area contributed by atoms with Crippen molar-refractivity contribution in [3.63, 3.8) is 0 Å². The Morgan fingerprint density at radius 2 is 1.75 bits per heavy atom. The summed E-state index contributed by atoms with van der Waals surface area (Å²) in [6.45, 7) is 0. The molecule has 0 fully saturated rings. The average molecular weight is 84.1 g/mol. The SMILES string of the molecule is S=[C-]S.[Li+]. The van der Waals surface area contributed by atoms with Gasteiger partial charge in [-0.1, -0.05) is 0 Å². The fourth-order valence-corrected chi connectivity index (χ4v) is 0. The van der Waals surface area contributed by atoms with E-state index in [9.17, 15) is 0 Å². The molecule has 0 aliphatic carbocycles. The molecule has 0 aromatic carbocycles. The average Bonchev–Trinajstić information content (AvgIpc) is 0.918. The third kappa shape index (κ3) is 11.7. The van der Waals surface area contributed by atoms with Gasteiger partial charge in [-0.05, 0) is 0 Å². The second-order valence-corrected chi connectivity index (χ2v) is 0.822. The molecule has 0 aromatic heterocycles. The van der Waals surface area contributed by atoms with Crippen molar-refractivity contribution < 1.29 is 18.9 Å². The van der Waals surface area contributed by atoms with Gasteiger partial charge >= 0.3 is 18.9 Å². The summed E-state index contributed by atoms with van der Waals surface area (Å²) in [6.07, 6.45) is 0. The summed E-state index contributed by atoms with van der Waals surface area (Å²) in [4.78, 5) is 0. The van der Waals surface area contributed by atoms with Crippen LogP contribution in [-0.4, -0.2) is 4.70 Å². The molecule has 4 heavy (non-hydrogen) atoms. The van der Waals surface area contributed by atoms with Crippen molar-refractivity contribution in [2.75, 3.05) is 0 Å². The smallest absolute Gasteiger partial charge is 0.364 e. The Balaban J connectivity index is 0. The van der Waals surface area contributed by atoms with Crippen LogP contribution in [0.2, 0.25) is 0 Å². The number of hydrogen-bond acceptors (Lipinski definition) is 1. The molecule has 0 aliphatic rings. The minimum Gasteiger partial charge on any atom is -0.364 e. The van der Waals surface area contributed by atoms with E-state index in [2.05, 4.69) is 24.8 Å². The Morgan fingerprint density at radius 3 is 1.75 bits per heavy atom. The van der Waals surface area contributed by atoms with Crippen LogP contribution in [0.15, 0.2) is 0 Å². The van der Waals surface area contributed by atoms with E-state index in [4.69, 9.17) is 0 Å². The molecule has 0 rings (SSSR count). The van der Waals surface area contributed by atoms with Crippen molar-refractivity contribution in [3.8, 4) is 0 Å². The Morgan fingerprint density at radius 1 is 1.75 bits per heavy atom. The van der Waals surface area contributed by atoms with E-state index in [1.165, 1.54) is 0 Å². The van der Waals surface area contributed by atoms with Crippen molar-refractivity contribution in [2.45, 2.75) is 0 Å². The van der Waals surface area contributed by atoms with Gasteiger partial charge < -0.3 is 29.5 Å². The van der Waals surface area contributed by atoms with Crippen LogP contribution in [0.4, 0.5) is 0 Å². The second kappa shape index (κ2) is 8.97. The van der Waals surface area contributed by atoms with E-state index in [0.29, 0.717) is 0 Å². The van der Waals surface area contributed by atoms with Gasteiger partial charge in [0.25, 0.3) is 0 Å². The fraction of sp³-hybridized carbons (Fsp3) is 0. The summed E-state index contributed by atoms with van der Waals surface area (Å²) in [7, 11) is 0. The van der Waals surface area contributed by atoms with E-state index in [-0.39, 0.29) is 18.9 Å². The molecule has 0 atom stereocenters. The number of hydrogen-bond donors (Lipinski definition) is 1. The quantitative estimate of drug-likeness (QED) is 0.150. The third-order valence-electron chi connectivity index (χ3n) is 0. The predicted octanol–water partition coefficient (Wildman–Crippen LogP) is -2.25. The summed E-state index contributed by atoms with van der Waals surface area (Å²) in [5.74, 6) is 0. The normalized spacial score (nSPS) is 3.25. The molecule has 0 spiro atoms. The summed E-state index contributed by atoms with van der Waals surface area (Å²) in [5, 5.41) is 0. The van der Waals surface area contributed by atoms with Crippen LogP contribution in [0.1, 0.15) is 0 Å². The first kappa shape index (κ1) is 8.90. The van der Waals surface area contributed by atoms with Crippen LogP contribution in [0.25, 0.3) is 0 Å². The van der Waals surface area contributed by atoms with Crippen molar-refractivity contribution >= 4 is 29.5 Å². The second-order valence-electron chi connectivity index (χ2n) is 0.0913. The van der Waals surface area contributed by atoms with Gasteiger partial charge in [0, 0.05) is 0 Å². The summed E-state index contributed by atoms with van der Waals surface area (Å²) >= 11 is 7.36. The minimum absolute atomic E-state index is 0. The molecule has 0 bridgehead atoms. The van der Waals surface area contributed by atoms with Gasteiger partial charge in [0.15, 0.2) is 0 Å². The molecule has 18 valence electrons. The van der Waals surface area contributed by atoms with Gasteiger partial charge in [-0.2, -0.15) is 0 Å². The molecular weight excluding hydrogens is 83.1 g/mol. The Kier molecular flexibility index (Phi) is 20.0. The van der Waals surface area contributed by atoms with E-state index >= 15 is 0 Å². The monoisotopic (exact) mass is 84.0 g/mol. The van der Waals surface area contributed by atoms with E-state index in [0.717, 1.165) is 0 Å². The standard InChI is InChI=1S/CHS2.Li/c2-1-3;/h(H,2,3);/q-1;+1. The van der Waals surface area contributed by atoms with Gasteiger partial charge in [0.05, 0.1) is 0 Å². The molecule has 0 amide bonds. The summed E-state index contributed by atoms with van der Waals surface area (Å²) in [5.41, 5.74) is 0. The van der Waals surface area contributed by atoms with Crippen LogP contribution in [0, 0.1) is 0 Å². The van der Waals surface area contributed by atoms with Gasteiger partial charge in [-0.3, -0.25) is 0 Å². The van der Waals surface area contributed by atoms with Crippen molar-refractivity contribution in [1.82, 2.24) is 0 Å². The molecular formula is CHLiS2. The predicted molar refractivity (Wildman–Crippen MR) is 21.6 cm³/mol. The van der Waals surface area contributed by atoms with Crippen molar-refractivity contribution in [3.05, 3.63) is 0 Å². The molecule has 0 nitrogen and oxygen atoms in total. The molecule has 0 aliphatic heterocycles. The summed E-state index contributed by atoms with van der Waals surface area (Å²) in [6, 6.07) is 0. The van der Waals surface area contributed by atoms with Gasteiger partial charge in [0.2, 0.25) is 0 Å². The molecule has 0 unspecified atom stereocenters. The minimum atomic E-state index is 0. The number of thiol groups is 1. The fourth-order valence-electron chi connectivity index (χ4n) is 0. The molecule has 0 aromatic rings. The molecule has 0 saturated heterocycles. The largest absolute Gasteiger partial charge is 1.00 e. The van der Waals surface area contributed by atoms with E-state index in [1.54, 1.807) is 0 Å². The van der Waals surface area contributed by atoms with Crippen molar-refractivity contribution in [1.29, 1.82) is 0 Å². The zero-order valence-electron chi connectivity index (χ0n) is 2.36. The molecule has 0 heterocycles. The first-order chi connectivity index (χ1) is 1.41. The van der Waals surface area contributed by atoms with Crippen LogP contribution in [0.5, 0.6) is 0 Å². The first-order valence-corrected chi connectivity index (χ1v) is 1.28. The maximum absolute atomic E-state index is 4.01. The van der Waals surface area contributed by atoms with Gasteiger partial charge in [0.1, 0.15) is 0 Å². The van der Waals surface area contributed by atoms with Crippen molar-refractivity contribution in [2.24, 2.45) is 0 Å². The molecule has 0 saturated carbocycles. The van der Waals surface area contributed by atoms with Crippen LogP contribution in [-0.2, 0) is 0 Å². The summed E-state index contributed by atoms with van der Waals surface area (Å²) < 4.78 is 2.03. The number of rotatable bonds is 0.